The zero-order valence-corrected chi connectivity index (χ0v) is 10.7. The molecule has 0 aromatic carbocycles. The molecule has 0 fully saturated rings. The van der Waals surface area contributed by atoms with E-state index in [1.54, 1.807) is 20.0 Å². The molecular weight excluding hydrogens is 238 g/mol. The van der Waals surface area contributed by atoms with Gasteiger partial charge in [0.15, 0.2) is 0 Å². The molecule has 1 heterocycles. The van der Waals surface area contributed by atoms with E-state index in [0.29, 0.717) is 5.69 Å². The van der Waals surface area contributed by atoms with Gasteiger partial charge in [0, 0.05) is 13.3 Å². The fourth-order valence-corrected chi connectivity index (χ4v) is 1.58. The zero-order valence-electron chi connectivity index (χ0n) is 10.7. The molecule has 0 aliphatic rings. The van der Waals surface area contributed by atoms with Gasteiger partial charge in [0.05, 0.1) is 24.0 Å². The molecule has 0 aliphatic carbocycles. The Balaban J connectivity index is 2.88. The van der Waals surface area contributed by atoms with Crippen molar-refractivity contribution in [1.29, 1.82) is 0 Å². The lowest BCUT2D eigenvalue weighted by Crippen LogP contribution is -2.19. The normalized spacial score (nSPS) is 10.7. The number of esters is 1. The monoisotopic (exact) mass is 255 g/mol. The van der Waals surface area contributed by atoms with Crippen molar-refractivity contribution in [3.8, 4) is 0 Å². The van der Waals surface area contributed by atoms with Crippen LogP contribution in [0.25, 0.3) is 0 Å². The minimum absolute atomic E-state index is 0.0237. The maximum absolute atomic E-state index is 11.5. The number of carboxylic acid groups (broad SMARTS) is 1. The van der Waals surface area contributed by atoms with Crippen LogP contribution in [0.2, 0.25) is 0 Å². The number of methoxy groups -OCH3 is 1. The third-order valence-corrected chi connectivity index (χ3v) is 2.26. The van der Waals surface area contributed by atoms with Crippen molar-refractivity contribution in [3.63, 3.8) is 0 Å². The first-order valence-electron chi connectivity index (χ1n) is 5.55. The Labute approximate surface area is 105 Å². The van der Waals surface area contributed by atoms with E-state index in [9.17, 15) is 9.59 Å². The Bertz CT molecular complexity index is 436. The quantitative estimate of drug-likeness (QED) is 0.775. The number of carboxylic acids is 1. The van der Waals surface area contributed by atoms with Crippen LogP contribution in [0.3, 0.4) is 0 Å². The zero-order chi connectivity index (χ0) is 13.7. The number of carbonyl (C=O) groups excluding carboxylic acids is 1. The summed E-state index contributed by atoms with van der Waals surface area (Å²) in [6.07, 6.45) is 1.34. The third kappa shape index (κ3) is 3.59. The van der Waals surface area contributed by atoms with Crippen molar-refractivity contribution in [3.05, 3.63) is 23.5 Å². The van der Waals surface area contributed by atoms with Gasteiger partial charge in [-0.05, 0) is 19.9 Å². The fourth-order valence-electron chi connectivity index (χ4n) is 1.58. The lowest BCUT2D eigenvalue weighted by Gasteiger charge is -2.11. The molecule has 0 atom stereocenters. The molecule has 0 saturated carbocycles. The molecule has 0 amide bonds. The summed E-state index contributed by atoms with van der Waals surface area (Å²) in [6, 6.07) is 1.44. The SMILES string of the molecule is COCc1c(C(=O)O)ccn1CC(=O)OC(C)C. The van der Waals surface area contributed by atoms with Gasteiger partial charge in [-0.2, -0.15) is 0 Å². The van der Waals surface area contributed by atoms with E-state index in [0.717, 1.165) is 0 Å². The van der Waals surface area contributed by atoms with Gasteiger partial charge in [0.25, 0.3) is 0 Å². The van der Waals surface area contributed by atoms with Gasteiger partial charge >= 0.3 is 11.9 Å². The summed E-state index contributed by atoms with van der Waals surface area (Å²) in [6.45, 7) is 3.62. The molecule has 0 aliphatic heterocycles. The molecule has 1 N–H and O–H groups in total. The number of aromatic nitrogens is 1. The number of nitrogens with zero attached hydrogens (tertiary/aromatic N) is 1. The number of aromatic carboxylic acids is 1. The van der Waals surface area contributed by atoms with Crippen LogP contribution in [0.4, 0.5) is 0 Å². The highest BCUT2D eigenvalue weighted by molar-refractivity contribution is 5.89. The summed E-state index contributed by atoms with van der Waals surface area (Å²) in [5.41, 5.74) is 0.583. The van der Waals surface area contributed by atoms with Crippen molar-refractivity contribution in [2.24, 2.45) is 0 Å². The van der Waals surface area contributed by atoms with E-state index >= 15 is 0 Å². The Morgan fingerprint density at radius 3 is 2.61 bits per heavy atom. The minimum Gasteiger partial charge on any atom is -0.478 e. The smallest absolute Gasteiger partial charge is 0.337 e. The summed E-state index contributed by atoms with van der Waals surface area (Å²) in [4.78, 5) is 22.5. The molecule has 18 heavy (non-hydrogen) atoms. The minimum atomic E-state index is -1.04. The van der Waals surface area contributed by atoms with Gasteiger partial charge in [0.2, 0.25) is 0 Å². The Morgan fingerprint density at radius 1 is 1.44 bits per heavy atom. The third-order valence-electron chi connectivity index (χ3n) is 2.26. The van der Waals surface area contributed by atoms with E-state index in [-0.39, 0.29) is 24.8 Å². The van der Waals surface area contributed by atoms with Crippen LogP contribution >= 0.6 is 0 Å². The fraction of sp³-hybridized carbons (Fsp3) is 0.500. The predicted octanol–water partition coefficient (Wildman–Crippen LogP) is 1.28. The highest BCUT2D eigenvalue weighted by Crippen LogP contribution is 2.13. The summed E-state index contributed by atoms with van der Waals surface area (Å²) in [5.74, 6) is -1.45. The summed E-state index contributed by atoms with van der Waals surface area (Å²) in [7, 11) is 1.47. The summed E-state index contributed by atoms with van der Waals surface area (Å²) in [5, 5.41) is 9.00. The maximum Gasteiger partial charge on any atom is 0.337 e. The largest absolute Gasteiger partial charge is 0.478 e. The highest BCUT2D eigenvalue weighted by atomic mass is 16.5. The second-order valence-corrected chi connectivity index (χ2v) is 4.08. The molecular formula is C12H17NO5. The second kappa shape index (κ2) is 6.20. The van der Waals surface area contributed by atoms with Gasteiger partial charge in [-0.3, -0.25) is 4.79 Å². The van der Waals surface area contributed by atoms with Gasteiger partial charge in [0.1, 0.15) is 6.54 Å². The first kappa shape index (κ1) is 14.2. The summed E-state index contributed by atoms with van der Waals surface area (Å²) >= 11 is 0. The molecule has 1 rings (SSSR count). The van der Waals surface area contributed by atoms with Crippen molar-refractivity contribution < 1.29 is 24.2 Å². The number of carbonyl (C=O) groups is 2. The van der Waals surface area contributed by atoms with Crippen molar-refractivity contribution >= 4 is 11.9 Å². The first-order valence-corrected chi connectivity index (χ1v) is 5.55. The van der Waals surface area contributed by atoms with Crippen molar-refractivity contribution in [2.75, 3.05) is 7.11 Å². The number of hydrogen-bond acceptors (Lipinski definition) is 4. The highest BCUT2D eigenvalue weighted by Gasteiger charge is 2.17. The molecule has 0 spiro atoms. The molecule has 6 heteroatoms. The number of hydrogen-bond donors (Lipinski definition) is 1. The number of rotatable bonds is 6. The van der Waals surface area contributed by atoms with Gasteiger partial charge in [-0.25, -0.2) is 4.79 Å². The van der Waals surface area contributed by atoms with Crippen LogP contribution in [0.15, 0.2) is 12.3 Å². The van der Waals surface area contributed by atoms with Gasteiger partial charge in [-0.1, -0.05) is 0 Å². The molecule has 1 aromatic rings. The van der Waals surface area contributed by atoms with Crippen LogP contribution in [-0.2, 0) is 27.4 Å². The molecule has 100 valence electrons. The van der Waals surface area contributed by atoms with Gasteiger partial charge in [-0.15, -0.1) is 0 Å². The van der Waals surface area contributed by atoms with E-state index in [2.05, 4.69) is 0 Å². The van der Waals surface area contributed by atoms with Crippen LogP contribution in [0.1, 0.15) is 29.9 Å². The maximum atomic E-state index is 11.5. The van der Waals surface area contributed by atoms with E-state index in [1.807, 2.05) is 0 Å². The molecule has 1 aromatic heterocycles. The Hall–Kier alpha value is -1.82. The average Bonchev–Trinajstić information content (AvgIpc) is 2.61. The molecule has 0 saturated heterocycles. The standard InChI is InChI=1S/C12H17NO5/c1-8(2)18-11(14)6-13-5-4-9(12(15)16)10(13)7-17-3/h4-5,8H,6-7H2,1-3H3,(H,15,16). The average molecular weight is 255 g/mol. The molecule has 6 nitrogen and oxygen atoms in total. The van der Waals surface area contributed by atoms with Gasteiger partial charge < -0.3 is 19.1 Å². The summed E-state index contributed by atoms with van der Waals surface area (Å²) < 4.78 is 11.5. The van der Waals surface area contributed by atoms with Crippen LogP contribution in [0.5, 0.6) is 0 Å². The molecule has 0 unspecified atom stereocenters. The first-order chi connectivity index (χ1) is 8.45. The predicted molar refractivity (Wildman–Crippen MR) is 63.3 cm³/mol. The van der Waals surface area contributed by atoms with E-state index < -0.39 is 11.9 Å². The number of ether oxygens (including phenoxy) is 2. The van der Waals surface area contributed by atoms with Crippen molar-refractivity contribution in [2.45, 2.75) is 33.1 Å². The van der Waals surface area contributed by atoms with Crippen molar-refractivity contribution in [1.82, 2.24) is 4.57 Å². The van der Waals surface area contributed by atoms with Crippen LogP contribution in [-0.4, -0.2) is 34.8 Å². The Kier molecular flexibility index (Phi) is 4.91. The van der Waals surface area contributed by atoms with Crippen LogP contribution < -0.4 is 0 Å². The lowest BCUT2D eigenvalue weighted by molar-refractivity contribution is -0.148. The second-order valence-electron chi connectivity index (χ2n) is 4.08. The molecule has 0 radical (unpaired) electrons. The topological polar surface area (TPSA) is 77.8 Å². The van der Waals surface area contributed by atoms with Crippen LogP contribution in [0, 0.1) is 0 Å². The Morgan fingerprint density at radius 2 is 2.11 bits per heavy atom. The molecule has 0 bridgehead atoms. The van der Waals surface area contributed by atoms with E-state index in [4.69, 9.17) is 14.6 Å². The lowest BCUT2D eigenvalue weighted by atomic mass is 10.2. The van der Waals surface area contributed by atoms with E-state index in [1.165, 1.54) is 17.7 Å².